The van der Waals surface area contributed by atoms with Crippen LogP contribution >= 0.6 is 15.9 Å². The number of anilines is 1. The third-order valence-corrected chi connectivity index (χ3v) is 3.73. The Morgan fingerprint density at radius 3 is 2.89 bits per heavy atom. The van der Waals surface area contributed by atoms with Crippen LogP contribution in [0, 0.1) is 0 Å². The maximum atomic E-state index is 6.06. The number of nitrogens with zero attached hydrogens (tertiary/aromatic N) is 3. The van der Waals surface area contributed by atoms with Gasteiger partial charge in [0.15, 0.2) is 0 Å². The van der Waals surface area contributed by atoms with Crippen LogP contribution in [0.15, 0.2) is 47.2 Å². The molecule has 0 aliphatic rings. The highest BCUT2D eigenvalue weighted by Crippen LogP contribution is 2.28. The van der Waals surface area contributed by atoms with E-state index in [1.807, 2.05) is 41.1 Å². The van der Waals surface area contributed by atoms with E-state index in [1.54, 1.807) is 6.20 Å². The van der Waals surface area contributed by atoms with Crippen LogP contribution in [0.3, 0.4) is 0 Å². The van der Waals surface area contributed by atoms with Crippen LogP contribution in [0.4, 0.5) is 5.95 Å². The van der Waals surface area contributed by atoms with Crippen LogP contribution < -0.4 is 5.73 Å². The first-order chi connectivity index (χ1) is 9.16. The van der Waals surface area contributed by atoms with Gasteiger partial charge in [-0.2, -0.15) is 0 Å². The average molecular weight is 317 g/mol. The molecule has 0 spiro atoms. The molecule has 0 saturated heterocycles. The Bertz CT molecular complexity index is 721. The van der Waals surface area contributed by atoms with Gasteiger partial charge < -0.3 is 10.3 Å². The van der Waals surface area contributed by atoms with Crippen LogP contribution in [0.1, 0.15) is 18.5 Å². The van der Waals surface area contributed by atoms with Gasteiger partial charge >= 0.3 is 0 Å². The maximum absolute atomic E-state index is 6.06. The second-order valence-electron chi connectivity index (χ2n) is 4.44. The monoisotopic (exact) mass is 316 g/mol. The number of imidazole rings is 1. The van der Waals surface area contributed by atoms with Crippen molar-refractivity contribution in [2.24, 2.45) is 0 Å². The number of hydrogen-bond acceptors (Lipinski definition) is 3. The Balaban J connectivity index is 2.17. The SMILES string of the molecule is CC(c1cccnc1)n1c(N)nc2cc(Br)ccc21. The summed E-state index contributed by atoms with van der Waals surface area (Å²) in [6.45, 7) is 2.09. The zero-order valence-electron chi connectivity index (χ0n) is 10.4. The zero-order chi connectivity index (χ0) is 13.4. The van der Waals surface area contributed by atoms with Gasteiger partial charge in [-0.25, -0.2) is 4.98 Å². The first-order valence-corrected chi connectivity index (χ1v) is 6.79. The van der Waals surface area contributed by atoms with Gasteiger partial charge in [-0.1, -0.05) is 22.0 Å². The van der Waals surface area contributed by atoms with E-state index in [0.717, 1.165) is 21.1 Å². The lowest BCUT2D eigenvalue weighted by Gasteiger charge is -2.16. The fraction of sp³-hybridized carbons (Fsp3) is 0.143. The van der Waals surface area contributed by atoms with Gasteiger partial charge in [0, 0.05) is 16.9 Å². The third-order valence-electron chi connectivity index (χ3n) is 3.23. The van der Waals surface area contributed by atoms with Crippen LogP contribution in [0.5, 0.6) is 0 Å². The summed E-state index contributed by atoms with van der Waals surface area (Å²) in [6, 6.07) is 10.1. The second-order valence-corrected chi connectivity index (χ2v) is 5.35. The molecule has 3 aromatic rings. The summed E-state index contributed by atoms with van der Waals surface area (Å²) in [7, 11) is 0. The standard InChI is InChI=1S/C14H13BrN4/c1-9(10-3-2-6-17-8-10)19-13-5-4-11(15)7-12(13)18-14(19)16/h2-9H,1H3,(H2,16,18). The number of pyridine rings is 1. The van der Waals surface area contributed by atoms with Crippen molar-refractivity contribution in [1.29, 1.82) is 0 Å². The summed E-state index contributed by atoms with van der Waals surface area (Å²) in [6.07, 6.45) is 3.62. The molecule has 0 amide bonds. The number of rotatable bonds is 2. The van der Waals surface area contributed by atoms with Gasteiger partial charge in [0.2, 0.25) is 5.95 Å². The van der Waals surface area contributed by atoms with Crippen molar-refractivity contribution in [1.82, 2.24) is 14.5 Å². The molecule has 19 heavy (non-hydrogen) atoms. The van der Waals surface area contributed by atoms with Gasteiger partial charge in [-0.05, 0) is 36.8 Å². The van der Waals surface area contributed by atoms with E-state index in [0.29, 0.717) is 5.95 Å². The van der Waals surface area contributed by atoms with E-state index in [9.17, 15) is 0 Å². The summed E-state index contributed by atoms with van der Waals surface area (Å²) in [5.74, 6) is 0.518. The highest BCUT2D eigenvalue weighted by Gasteiger charge is 2.15. The highest BCUT2D eigenvalue weighted by molar-refractivity contribution is 9.10. The first-order valence-electron chi connectivity index (χ1n) is 5.99. The summed E-state index contributed by atoms with van der Waals surface area (Å²) in [5.41, 5.74) is 9.08. The van der Waals surface area contributed by atoms with E-state index in [2.05, 4.69) is 32.8 Å². The first kappa shape index (κ1) is 12.2. The quantitative estimate of drug-likeness (QED) is 0.788. The molecule has 0 aliphatic carbocycles. The van der Waals surface area contributed by atoms with Crippen molar-refractivity contribution in [3.63, 3.8) is 0 Å². The number of hydrogen-bond donors (Lipinski definition) is 1. The van der Waals surface area contributed by atoms with Crippen LogP contribution in [0.25, 0.3) is 11.0 Å². The summed E-state index contributed by atoms with van der Waals surface area (Å²) >= 11 is 3.45. The molecule has 0 bridgehead atoms. The largest absolute Gasteiger partial charge is 0.369 e. The molecule has 0 aliphatic heterocycles. The van der Waals surface area contributed by atoms with E-state index < -0.39 is 0 Å². The fourth-order valence-corrected chi connectivity index (χ4v) is 2.62. The number of aromatic nitrogens is 3. The highest BCUT2D eigenvalue weighted by atomic mass is 79.9. The molecule has 1 atom stereocenters. The van der Waals surface area contributed by atoms with Crippen molar-refractivity contribution in [3.05, 3.63) is 52.8 Å². The van der Waals surface area contributed by atoms with Crippen molar-refractivity contribution < 1.29 is 0 Å². The predicted molar refractivity (Wildman–Crippen MR) is 79.9 cm³/mol. The van der Waals surface area contributed by atoms with Crippen LogP contribution in [-0.2, 0) is 0 Å². The summed E-state index contributed by atoms with van der Waals surface area (Å²) in [4.78, 5) is 8.57. The summed E-state index contributed by atoms with van der Waals surface area (Å²) in [5, 5.41) is 0. The van der Waals surface area contributed by atoms with Gasteiger partial charge in [0.05, 0.1) is 17.1 Å². The Morgan fingerprint density at radius 1 is 1.32 bits per heavy atom. The zero-order valence-corrected chi connectivity index (χ0v) is 12.0. The van der Waals surface area contributed by atoms with E-state index in [1.165, 1.54) is 0 Å². The molecular formula is C14H13BrN4. The van der Waals surface area contributed by atoms with Crippen molar-refractivity contribution in [2.75, 3.05) is 5.73 Å². The van der Waals surface area contributed by atoms with Crippen LogP contribution in [0.2, 0.25) is 0 Å². The lowest BCUT2D eigenvalue weighted by atomic mass is 10.1. The molecule has 5 heteroatoms. The Morgan fingerprint density at radius 2 is 2.16 bits per heavy atom. The maximum Gasteiger partial charge on any atom is 0.201 e. The predicted octanol–water partition coefficient (Wildman–Crippen LogP) is 3.39. The van der Waals surface area contributed by atoms with E-state index >= 15 is 0 Å². The van der Waals surface area contributed by atoms with Crippen LogP contribution in [-0.4, -0.2) is 14.5 Å². The molecule has 2 N–H and O–H groups in total. The van der Waals surface area contributed by atoms with Gasteiger partial charge in [-0.15, -0.1) is 0 Å². The average Bonchev–Trinajstić information content (AvgIpc) is 2.74. The van der Waals surface area contributed by atoms with Gasteiger partial charge in [0.25, 0.3) is 0 Å². The molecule has 1 aromatic carbocycles. The molecule has 3 rings (SSSR count). The third kappa shape index (κ3) is 2.10. The smallest absolute Gasteiger partial charge is 0.201 e. The van der Waals surface area contributed by atoms with E-state index in [-0.39, 0.29) is 6.04 Å². The molecule has 0 radical (unpaired) electrons. The van der Waals surface area contributed by atoms with Crippen molar-refractivity contribution in [2.45, 2.75) is 13.0 Å². The topological polar surface area (TPSA) is 56.7 Å². The number of nitrogens with two attached hydrogens (primary N) is 1. The lowest BCUT2D eigenvalue weighted by Crippen LogP contribution is -2.10. The second kappa shape index (κ2) is 4.66. The Kier molecular flexibility index (Phi) is 2.98. The van der Waals surface area contributed by atoms with Gasteiger partial charge in [-0.3, -0.25) is 4.98 Å². The Hall–Kier alpha value is -1.88. The number of nitrogen functional groups attached to an aromatic ring is 1. The number of benzene rings is 1. The number of halogens is 1. The molecule has 2 heterocycles. The minimum Gasteiger partial charge on any atom is -0.369 e. The minimum absolute atomic E-state index is 0.0971. The van der Waals surface area contributed by atoms with Crippen molar-refractivity contribution in [3.8, 4) is 0 Å². The molecule has 4 nitrogen and oxygen atoms in total. The van der Waals surface area contributed by atoms with Gasteiger partial charge in [0.1, 0.15) is 0 Å². The minimum atomic E-state index is 0.0971. The molecule has 2 aromatic heterocycles. The van der Waals surface area contributed by atoms with Crippen molar-refractivity contribution >= 4 is 32.9 Å². The summed E-state index contributed by atoms with van der Waals surface area (Å²) < 4.78 is 3.03. The Labute approximate surface area is 119 Å². The molecule has 1 unspecified atom stereocenters. The fourth-order valence-electron chi connectivity index (χ4n) is 2.27. The molecule has 96 valence electrons. The normalized spacial score (nSPS) is 12.7. The number of fused-ring (bicyclic) bond motifs is 1. The van der Waals surface area contributed by atoms with E-state index in [4.69, 9.17) is 5.73 Å². The lowest BCUT2D eigenvalue weighted by molar-refractivity contribution is 0.665. The molecule has 0 fully saturated rings. The molecular weight excluding hydrogens is 304 g/mol. The molecule has 0 saturated carbocycles.